The second-order valence-corrected chi connectivity index (χ2v) is 9.61. The van der Waals surface area contributed by atoms with E-state index in [0.29, 0.717) is 18.7 Å². The van der Waals surface area contributed by atoms with Crippen molar-refractivity contribution in [1.29, 1.82) is 0 Å². The van der Waals surface area contributed by atoms with Gasteiger partial charge in [-0.1, -0.05) is 24.6 Å². The van der Waals surface area contributed by atoms with Gasteiger partial charge < -0.3 is 10.6 Å². The fourth-order valence-electron chi connectivity index (χ4n) is 2.89. The van der Waals surface area contributed by atoms with Gasteiger partial charge in [0, 0.05) is 30.1 Å². The highest BCUT2D eigenvalue weighted by molar-refractivity contribution is 7.90. The van der Waals surface area contributed by atoms with E-state index in [-0.39, 0.29) is 32.4 Å². The van der Waals surface area contributed by atoms with E-state index < -0.39 is 21.7 Å². The number of sulfone groups is 1. The fourth-order valence-corrected chi connectivity index (χ4v) is 3.79. The number of anilines is 2. The van der Waals surface area contributed by atoms with Gasteiger partial charge in [-0.25, -0.2) is 13.1 Å². The maximum absolute atomic E-state index is 12.5. The van der Waals surface area contributed by atoms with E-state index in [4.69, 9.17) is 11.6 Å². The lowest BCUT2D eigenvalue weighted by Gasteiger charge is -2.11. The number of aromatic nitrogens is 2. The zero-order valence-electron chi connectivity index (χ0n) is 17.8. The first-order valence-corrected chi connectivity index (χ1v) is 12.2. The first kappa shape index (κ1) is 24.1. The minimum absolute atomic E-state index is 0.0261. The lowest BCUT2D eigenvalue weighted by Crippen LogP contribution is -2.26. The van der Waals surface area contributed by atoms with Crippen LogP contribution in [0.2, 0.25) is 5.02 Å². The van der Waals surface area contributed by atoms with Gasteiger partial charge in [0.2, 0.25) is 0 Å². The van der Waals surface area contributed by atoms with Gasteiger partial charge in [-0.15, -0.1) is 0 Å². The molecule has 2 amide bonds. The van der Waals surface area contributed by atoms with Gasteiger partial charge in [0.05, 0.1) is 15.6 Å². The molecule has 0 unspecified atom stereocenters. The molecule has 11 heteroatoms. The van der Waals surface area contributed by atoms with Gasteiger partial charge in [-0.2, -0.15) is 5.10 Å². The van der Waals surface area contributed by atoms with Gasteiger partial charge in [-0.3, -0.25) is 14.4 Å². The normalized spacial score (nSPS) is 11.1. The van der Waals surface area contributed by atoms with E-state index in [9.17, 15) is 22.8 Å². The summed E-state index contributed by atoms with van der Waals surface area (Å²) in [4.78, 5) is 36.8. The van der Waals surface area contributed by atoms with E-state index in [1.54, 1.807) is 0 Å². The van der Waals surface area contributed by atoms with Crippen molar-refractivity contribution in [2.45, 2.75) is 24.8 Å². The Morgan fingerprint density at radius 1 is 1.03 bits per heavy atom. The number of nitrogens with zero attached hydrogens (tertiary/aromatic N) is 2. The molecular weight excluding hydrogens is 468 g/mol. The maximum Gasteiger partial charge on any atom is 0.276 e. The van der Waals surface area contributed by atoms with E-state index >= 15 is 0 Å². The maximum atomic E-state index is 12.5. The number of benzene rings is 2. The lowest BCUT2D eigenvalue weighted by molar-refractivity contribution is 0.101. The number of hydrogen-bond acceptors (Lipinski definition) is 6. The largest absolute Gasteiger partial charge is 0.321 e. The molecule has 9 nitrogen and oxygen atoms in total. The highest BCUT2D eigenvalue weighted by atomic mass is 35.5. The molecule has 0 bridgehead atoms. The van der Waals surface area contributed by atoms with E-state index in [2.05, 4.69) is 15.7 Å². The zero-order valence-corrected chi connectivity index (χ0v) is 19.4. The summed E-state index contributed by atoms with van der Waals surface area (Å²) in [6.45, 7) is 2.29. The highest BCUT2D eigenvalue weighted by Crippen LogP contribution is 2.26. The van der Waals surface area contributed by atoms with Gasteiger partial charge >= 0.3 is 0 Å². The summed E-state index contributed by atoms with van der Waals surface area (Å²) in [6.07, 6.45) is 1.75. The van der Waals surface area contributed by atoms with E-state index in [1.807, 2.05) is 6.92 Å². The third-order valence-electron chi connectivity index (χ3n) is 4.53. The first-order chi connectivity index (χ1) is 15.6. The molecule has 0 saturated heterocycles. The van der Waals surface area contributed by atoms with Crippen molar-refractivity contribution >= 4 is 44.6 Å². The van der Waals surface area contributed by atoms with Gasteiger partial charge in [0.25, 0.3) is 17.4 Å². The Morgan fingerprint density at radius 3 is 2.45 bits per heavy atom. The first-order valence-electron chi connectivity index (χ1n) is 9.89. The standard InChI is InChI=1S/C22H21ClN4O5S/c1-3-11-27-20(28)10-9-19(26-27)22(30)24-15-7-8-18(17(23)13-15)25-21(29)14-5-4-6-16(12-14)33(2,31)32/h4-10,12-13H,3,11H2,1-2H3,(H,24,30)(H,25,29). The number of carbonyl (C=O) groups is 2. The molecule has 3 rings (SSSR count). The molecular formula is C22H21ClN4O5S. The van der Waals surface area contributed by atoms with Crippen LogP contribution in [-0.2, 0) is 16.4 Å². The number of rotatable bonds is 7. The predicted octanol–water partition coefficient (Wildman–Crippen LogP) is 3.21. The number of halogens is 1. The summed E-state index contributed by atoms with van der Waals surface area (Å²) in [7, 11) is -3.46. The summed E-state index contributed by atoms with van der Waals surface area (Å²) in [6, 6.07) is 12.7. The molecule has 3 aromatic rings. The van der Waals surface area contributed by atoms with E-state index in [0.717, 1.165) is 6.26 Å². The van der Waals surface area contributed by atoms with Crippen molar-refractivity contribution in [3.8, 4) is 0 Å². The fraction of sp³-hybridized carbons (Fsp3) is 0.182. The average Bonchev–Trinajstić information content (AvgIpc) is 2.76. The Balaban J connectivity index is 1.74. The molecule has 0 spiro atoms. The zero-order chi connectivity index (χ0) is 24.2. The molecule has 0 radical (unpaired) electrons. The van der Waals surface area contributed by atoms with Crippen LogP contribution in [0.25, 0.3) is 0 Å². The van der Waals surface area contributed by atoms with Crippen molar-refractivity contribution < 1.29 is 18.0 Å². The van der Waals surface area contributed by atoms with Crippen LogP contribution in [0.1, 0.15) is 34.2 Å². The Bertz CT molecular complexity index is 1390. The summed E-state index contributed by atoms with van der Waals surface area (Å²) < 4.78 is 24.6. The van der Waals surface area contributed by atoms with Crippen LogP contribution in [0, 0.1) is 0 Å². The van der Waals surface area contributed by atoms with Crippen molar-refractivity contribution in [2.24, 2.45) is 0 Å². The minimum atomic E-state index is -3.46. The predicted molar refractivity (Wildman–Crippen MR) is 126 cm³/mol. The monoisotopic (exact) mass is 488 g/mol. The lowest BCUT2D eigenvalue weighted by atomic mass is 10.2. The summed E-state index contributed by atoms with van der Waals surface area (Å²) >= 11 is 6.26. The van der Waals surface area contributed by atoms with Gasteiger partial charge in [-0.05, 0) is 48.9 Å². The summed E-state index contributed by atoms with van der Waals surface area (Å²) in [5.41, 5.74) is 0.566. The number of aryl methyl sites for hydroxylation is 1. The van der Waals surface area contributed by atoms with Crippen molar-refractivity contribution in [2.75, 3.05) is 16.9 Å². The van der Waals surface area contributed by atoms with Crippen LogP contribution in [0.15, 0.2) is 64.3 Å². The molecule has 0 aliphatic rings. The Kier molecular flexibility index (Phi) is 7.29. The third kappa shape index (κ3) is 6.05. The van der Waals surface area contributed by atoms with Gasteiger partial charge in [0.1, 0.15) is 5.69 Å². The summed E-state index contributed by atoms with van der Waals surface area (Å²) in [5, 5.41) is 9.47. The molecule has 172 valence electrons. The van der Waals surface area contributed by atoms with Crippen LogP contribution < -0.4 is 16.2 Å². The van der Waals surface area contributed by atoms with Crippen molar-refractivity contribution in [3.05, 3.63) is 81.2 Å². The molecule has 2 N–H and O–H groups in total. The number of amides is 2. The van der Waals surface area contributed by atoms with Crippen LogP contribution in [0.5, 0.6) is 0 Å². The number of hydrogen-bond donors (Lipinski definition) is 2. The summed E-state index contributed by atoms with van der Waals surface area (Å²) in [5.74, 6) is -1.06. The molecule has 0 saturated carbocycles. The molecule has 0 aliphatic carbocycles. The van der Waals surface area contributed by atoms with Crippen molar-refractivity contribution in [1.82, 2.24) is 9.78 Å². The molecule has 1 heterocycles. The Labute approximate surface area is 195 Å². The average molecular weight is 489 g/mol. The smallest absolute Gasteiger partial charge is 0.276 e. The molecule has 0 atom stereocenters. The Morgan fingerprint density at radius 2 is 1.79 bits per heavy atom. The molecule has 33 heavy (non-hydrogen) atoms. The van der Waals surface area contributed by atoms with Gasteiger partial charge in [0.15, 0.2) is 9.84 Å². The van der Waals surface area contributed by atoms with Crippen molar-refractivity contribution in [3.63, 3.8) is 0 Å². The van der Waals surface area contributed by atoms with Crippen LogP contribution in [0.4, 0.5) is 11.4 Å². The second-order valence-electron chi connectivity index (χ2n) is 7.18. The third-order valence-corrected chi connectivity index (χ3v) is 5.96. The topological polar surface area (TPSA) is 127 Å². The molecule has 1 aromatic heterocycles. The van der Waals surface area contributed by atoms with Crippen LogP contribution >= 0.6 is 11.6 Å². The second kappa shape index (κ2) is 9.97. The highest BCUT2D eigenvalue weighted by Gasteiger charge is 2.14. The quantitative estimate of drug-likeness (QED) is 0.525. The van der Waals surface area contributed by atoms with Crippen LogP contribution in [0.3, 0.4) is 0 Å². The molecule has 2 aromatic carbocycles. The van der Waals surface area contributed by atoms with Crippen LogP contribution in [-0.4, -0.2) is 36.3 Å². The minimum Gasteiger partial charge on any atom is -0.321 e. The molecule has 0 aliphatic heterocycles. The number of carbonyl (C=O) groups excluding carboxylic acids is 2. The SMILES string of the molecule is CCCn1nc(C(=O)Nc2ccc(NC(=O)c3cccc(S(C)(=O)=O)c3)c(Cl)c2)ccc1=O. The number of nitrogens with one attached hydrogen (secondary N) is 2. The Hall–Kier alpha value is -3.50. The molecule has 0 fully saturated rings. The van der Waals surface area contributed by atoms with E-state index in [1.165, 1.54) is 59.3 Å².